The highest BCUT2D eigenvalue weighted by atomic mass is 127. The van der Waals surface area contributed by atoms with Crippen LogP contribution in [0.15, 0.2) is 18.7 Å². The van der Waals surface area contributed by atoms with Crippen molar-refractivity contribution in [3.63, 3.8) is 0 Å². The van der Waals surface area contributed by atoms with E-state index in [0.29, 0.717) is 0 Å². The van der Waals surface area contributed by atoms with Gasteiger partial charge in [0, 0.05) is 7.11 Å². The Morgan fingerprint density at radius 2 is 2.38 bits per heavy atom. The zero-order valence-electron chi connectivity index (χ0n) is 7.68. The second-order valence-electron chi connectivity index (χ2n) is 2.45. The molecule has 4 nitrogen and oxygen atoms in total. The molecule has 1 atom stereocenters. The predicted octanol–water partition coefficient (Wildman–Crippen LogP) is -2.86. The molecule has 13 heavy (non-hydrogen) atoms. The van der Waals surface area contributed by atoms with Crippen LogP contribution in [-0.2, 0) is 16.1 Å². The van der Waals surface area contributed by atoms with Crippen molar-refractivity contribution in [2.24, 2.45) is 0 Å². The number of nitrogens with zero attached hydrogens (tertiary/aromatic N) is 2. The van der Waals surface area contributed by atoms with Gasteiger partial charge in [-0.2, -0.15) is 0 Å². The molecule has 0 radical (unpaired) electrons. The minimum atomic E-state index is -0.502. The number of carbonyl (C=O) groups is 1. The second kappa shape index (κ2) is 6.09. The summed E-state index contributed by atoms with van der Waals surface area (Å²) >= 11 is 0. The third kappa shape index (κ3) is 3.07. The van der Waals surface area contributed by atoms with Crippen LogP contribution < -0.4 is 28.5 Å². The first-order valence-electron chi connectivity index (χ1n) is 3.86. The number of halogens is 1. The van der Waals surface area contributed by atoms with E-state index in [9.17, 15) is 4.79 Å². The Labute approximate surface area is 94.5 Å². The van der Waals surface area contributed by atoms with Gasteiger partial charge >= 0.3 is 0 Å². The van der Waals surface area contributed by atoms with Gasteiger partial charge in [-0.15, -0.1) is 0 Å². The van der Waals surface area contributed by atoms with Crippen molar-refractivity contribution in [1.29, 1.82) is 0 Å². The lowest BCUT2D eigenvalue weighted by molar-refractivity contribution is -0.693. The summed E-state index contributed by atoms with van der Waals surface area (Å²) in [5, 5.41) is 0. The number of carbonyl (C=O) groups excluding carboxylic acids is 1. The standard InChI is InChI=1S/C8H13N2O2.HI/c1-3-9-4-5-10(7-9)8(6-11)12-2;/h4-8H,3H2,1-2H3;1H/q+1;/p-1. The molecule has 0 bridgehead atoms. The lowest BCUT2D eigenvalue weighted by Crippen LogP contribution is -3.00. The number of imidazole rings is 1. The van der Waals surface area contributed by atoms with Crippen molar-refractivity contribution in [3.05, 3.63) is 18.7 Å². The molecule has 74 valence electrons. The Bertz CT molecular complexity index is 262. The first-order valence-corrected chi connectivity index (χ1v) is 3.86. The molecule has 0 spiro atoms. The monoisotopic (exact) mass is 296 g/mol. The normalized spacial score (nSPS) is 11.8. The zero-order valence-corrected chi connectivity index (χ0v) is 9.84. The van der Waals surface area contributed by atoms with Crippen LogP contribution in [0.1, 0.15) is 13.2 Å². The van der Waals surface area contributed by atoms with Crippen molar-refractivity contribution < 1.29 is 38.1 Å². The number of ether oxygens (including phenoxy) is 1. The van der Waals surface area contributed by atoms with Gasteiger partial charge in [0.2, 0.25) is 6.33 Å². The highest BCUT2D eigenvalue weighted by molar-refractivity contribution is 5.53. The van der Waals surface area contributed by atoms with Crippen LogP contribution in [0.5, 0.6) is 0 Å². The maximum absolute atomic E-state index is 10.5. The van der Waals surface area contributed by atoms with Crippen molar-refractivity contribution in [2.75, 3.05) is 7.11 Å². The molecule has 0 aliphatic carbocycles. The molecular weight excluding hydrogens is 283 g/mol. The summed E-state index contributed by atoms with van der Waals surface area (Å²) in [6, 6.07) is 0. The fourth-order valence-electron chi connectivity index (χ4n) is 0.996. The van der Waals surface area contributed by atoms with Crippen LogP contribution in [0.3, 0.4) is 0 Å². The van der Waals surface area contributed by atoms with Crippen molar-refractivity contribution >= 4 is 6.29 Å². The second-order valence-corrected chi connectivity index (χ2v) is 2.45. The molecule has 5 heteroatoms. The summed E-state index contributed by atoms with van der Waals surface area (Å²) in [7, 11) is 1.51. The van der Waals surface area contributed by atoms with E-state index in [1.54, 1.807) is 4.57 Å². The molecule has 1 rings (SSSR count). The third-order valence-corrected chi connectivity index (χ3v) is 1.73. The Hall–Kier alpha value is -0.430. The lowest BCUT2D eigenvalue weighted by Gasteiger charge is -2.01. The first kappa shape index (κ1) is 12.6. The van der Waals surface area contributed by atoms with Crippen LogP contribution in [0.25, 0.3) is 0 Å². The number of aryl methyl sites for hydroxylation is 1. The number of rotatable bonds is 4. The molecule has 0 fully saturated rings. The van der Waals surface area contributed by atoms with Crippen molar-refractivity contribution in [3.8, 4) is 0 Å². The van der Waals surface area contributed by atoms with Gasteiger partial charge in [0.25, 0.3) is 6.23 Å². The minimum Gasteiger partial charge on any atom is -1.00 e. The third-order valence-electron chi connectivity index (χ3n) is 1.73. The van der Waals surface area contributed by atoms with E-state index in [0.717, 1.165) is 12.8 Å². The fraction of sp³-hybridized carbons (Fsp3) is 0.500. The van der Waals surface area contributed by atoms with E-state index in [1.807, 2.05) is 30.2 Å². The number of hydrogen-bond donors (Lipinski definition) is 0. The predicted molar refractivity (Wildman–Crippen MR) is 42.4 cm³/mol. The molecule has 0 N–H and O–H groups in total. The fourth-order valence-corrected chi connectivity index (χ4v) is 0.996. The highest BCUT2D eigenvalue weighted by Crippen LogP contribution is 2.00. The van der Waals surface area contributed by atoms with E-state index < -0.39 is 6.23 Å². The summed E-state index contributed by atoms with van der Waals surface area (Å²) in [5.74, 6) is 0. The maximum Gasteiger partial charge on any atom is 0.258 e. The van der Waals surface area contributed by atoms with E-state index >= 15 is 0 Å². The molecule has 1 aromatic rings. The average Bonchev–Trinajstić information content (AvgIpc) is 2.55. The van der Waals surface area contributed by atoms with Crippen LogP contribution in [0, 0.1) is 0 Å². The van der Waals surface area contributed by atoms with E-state index in [1.165, 1.54) is 7.11 Å². The average molecular weight is 296 g/mol. The topological polar surface area (TPSA) is 35.1 Å². The Balaban J connectivity index is 0.00000144. The van der Waals surface area contributed by atoms with Gasteiger partial charge in [0.1, 0.15) is 12.4 Å². The Morgan fingerprint density at radius 1 is 1.69 bits per heavy atom. The molecule has 1 heterocycles. The molecular formula is C8H13IN2O2. The van der Waals surface area contributed by atoms with Gasteiger partial charge in [0.15, 0.2) is 6.29 Å². The van der Waals surface area contributed by atoms with Gasteiger partial charge in [-0.1, -0.05) is 0 Å². The largest absolute Gasteiger partial charge is 1.00 e. The summed E-state index contributed by atoms with van der Waals surface area (Å²) in [6.07, 6.45) is 5.81. The number of aldehydes is 1. The number of methoxy groups -OCH3 is 1. The summed E-state index contributed by atoms with van der Waals surface area (Å²) in [4.78, 5) is 10.5. The molecule has 0 aliphatic rings. The lowest BCUT2D eigenvalue weighted by atomic mass is 10.6. The molecule has 0 aliphatic heterocycles. The SMILES string of the molecule is CC[n+]1ccn(C(C=O)OC)c1.[I-]. The van der Waals surface area contributed by atoms with Gasteiger partial charge in [-0.3, -0.25) is 4.79 Å². The summed E-state index contributed by atoms with van der Waals surface area (Å²) < 4.78 is 8.61. The van der Waals surface area contributed by atoms with Crippen LogP contribution >= 0.6 is 0 Å². The highest BCUT2D eigenvalue weighted by Gasteiger charge is 2.13. The van der Waals surface area contributed by atoms with Crippen LogP contribution in [0.2, 0.25) is 0 Å². The van der Waals surface area contributed by atoms with E-state index in [4.69, 9.17) is 4.74 Å². The smallest absolute Gasteiger partial charge is 0.258 e. The molecule has 0 saturated heterocycles. The van der Waals surface area contributed by atoms with Crippen molar-refractivity contribution in [2.45, 2.75) is 19.7 Å². The quantitative estimate of drug-likeness (QED) is 0.340. The number of hydrogen-bond acceptors (Lipinski definition) is 2. The van der Waals surface area contributed by atoms with Gasteiger partial charge in [0.05, 0.1) is 6.54 Å². The van der Waals surface area contributed by atoms with Gasteiger partial charge < -0.3 is 28.7 Å². The molecule has 0 aromatic carbocycles. The summed E-state index contributed by atoms with van der Waals surface area (Å²) in [5.41, 5.74) is 0. The van der Waals surface area contributed by atoms with Gasteiger partial charge in [-0.05, 0) is 6.92 Å². The Morgan fingerprint density at radius 3 is 2.77 bits per heavy atom. The van der Waals surface area contributed by atoms with Crippen LogP contribution in [-0.4, -0.2) is 18.0 Å². The maximum atomic E-state index is 10.5. The van der Waals surface area contributed by atoms with Gasteiger partial charge in [-0.25, -0.2) is 9.13 Å². The minimum absolute atomic E-state index is 0. The Kier molecular flexibility index (Phi) is 5.89. The molecule has 0 saturated carbocycles. The zero-order chi connectivity index (χ0) is 8.97. The van der Waals surface area contributed by atoms with Crippen molar-refractivity contribution in [1.82, 2.24) is 4.57 Å². The first-order chi connectivity index (χ1) is 5.81. The molecule has 1 unspecified atom stereocenters. The van der Waals surface area contributed by atoms with E-state index in [2.05, 4.69) is 0 Å². The van der Waals surface area contributed by atoms with Crippen LogP contribution in [0.4, 0.5) is 0 Å². The number of aromatic nitrogens is 2. The molecule has 1 aromatic heterocycles. The molecule has 0 amide bonds. The summed E-state index contributed by atoms with van der Waals surface area (Å²) in [6.45, 7) is 2.93. The van der Waals surface area contributed by atoms with E-state index in [-0.39, 0.29) is 24.0 Å².